The maximum Gasteiger partial charge on any atom is 0.219 e. The number of imidazole rings is 1. The first-order valence-corrected chi connectivity index (χ1v) is 5.92. The number of aromatic amines is 1. The van der Waals surface area contributed by atoms with E-state index in [4.69, 9.17) is 0 Å². The lowest BCUT2D eigenvalue weighted by Gasteiger charge is -2.02. The molecule has 1 aromatic rings. The minimum atomic E-state index is 0.159. The Labute approximate surface area is 96.9 Å². The molecule has 1 amide bonds. The summed E-state index contributed by atoms with van der Waals surface area (Å²) in [7, 11) is 0. The van der Waals surface area contributed by atoms with Crippen LogP contribution in [0.1, 0.15) is 44.1 Å². The summed E-state index contributed by atoms with van der Waals surface area (Å²) in [5, 5.41) is 2.87. The van der Waals surface area contributed by atoms with Gasteiger partial charge in [-0.2, -0.15) is 0 Å². The number of hydrogen-bond donors (Lipinski definition) is 2. The van der Waals surface area contributed by atoms with Gasteiger partial charge in [0, 0.05) is 18.7 Å². The van der Waals surface area contributed by atoms with Crippen LogP contribution in [0.25, 0.3) is 0 Å². The Balaban J connectivity index is 2.05. The third-order valence-electron chi connectivity index (χ3n) is 2.34. The number of hydrogen-bond acceptors (Lipinski definition) is 2. The van der Waals surface area contributed by atoms with Crippen molar-refractivity contribution in [2.45, 2.75) is 46.0 Å². The Morgan fingerprint density at radius 3 is 2.94 bits per heavy atom. The predicted octanol–water partition coefficient (Wildman–Crippen LogP) is 1.76. The molecule has 1 rings (SSSR count). The fraction of sp³-hybridized carbons (Fsp3) is 0.667. The first-order chi connectivity index (χ1) is 7.72. The van der Waals surface area contributed by atoms with E-state index in [2.05, 4.69) is 28.4 Å². The van der Waals surface area contributed by atoms with E-state index in [1.54, 1.807) is 0 Å². The number of carbonyl (C=O) groups is 1. The van der Waals surface area contributed by atoms with Gasteiger partial charge >= 0.3 is 0 Å². The molecule has 0 aliphatic heterocycles. The second kappa shape index (κ2) is 7.04. The number of H-pyrrole nitrogens is 1. The van der Waals surface area contributed by atoms with Crippen molar-refractivity contribution in [2.75, 3.05) is 6.54 Å². The van der Waals surface area contributed by atoms with E-state index in [0.717, 1.165) is 43.7 Å². The van der Waals surface area contributed by atoms with E-state index in [1.165, 1.54) is 0 Å². The number of nitrogens with zero attached hydrogens (tertiary/aromatic N) is 1. The summed E-state index contributed by atoms with van der Waals surface area (Å²) in [6.45, 7) is 4.75. The molecular weight excluding hydrogens is 202 g/mol. The molecular formula is C12H20N3O. The molecule has 2 N–H and O–H groups in total. The number of rotatable bonds is 7. The first-order valence-electron chi connectivity index (χ1n) is 5.92. The number of aryl methyl sites for hydroxylation is 2. The fourth-order valence-corrected chi connectivity index (χ4v) is 1.48. The van der Waals surface area contributed by atoms with Crippen molar-refractivity contribution in [3.63, 3.8) is 0 Å². The normalized spacial score (nSPS) is 10.4. The second-order valence-corrected chi connectivity index (χ2v) is 3.97. The molecule has 0 unspecified atom stereocenters. The van der Waals surface area contributed by atoms with Crippen molar-refractivity contribution in [3.05, 3.63) is 17.7 Å². The predicted molar refractivity (Wildman–Crippen MR) is 63.0 cm³/mol. The van der Waals surface area contributed by atoms with Crippen LogP contribution in [0.2, 0.25) is 0 Å². The van der Waals surface area contributed by atoms with Crippen LogP contribution in [0.3, 0.4) is 0 Å². The fourth-order valence-electron chi connectivity index (χ4n) is 1.48. The molecule has 0 aliphatic carbocycles. The van der Waals surface area contributed by atoms with Crippen LogP contribution < -0.4 is 5.32 Å². The van der Waals surface area contributed by atoms with Crippen LogP contribution in [0.5, 0.6) is 0 Å². The number of unbranched alkanes of at least 4 members (excludes halogenated alkanes) is 1. The van der Waals surface area contributed by atoms with Crippen LogP contribution in [0.4, 0.5) is 0 Å². The highest BCUT2D eigenvalue weighted by molar-refractivity contribution is 5.75. The second-order valence-electron chi connectivity index (χ2n) is 3.97. The molecule has 16 heavy (non-hydrogen) atoms. The summed E-state index contributed by atoms with van der Waals surface area (Å²) in [4.78, 5) is 18.4. The molecule has 0 fully saturated rings. The van der Waals surface area contributed by atoms with Crippen molar-refractivity contribution in [1.82, 2.24) is 15.3 Å². The van der Waals surface area contributed by atoms with Crippen molar-refractivity contribution in [1.29, 1.82) is 0 Å². The van der Waals surface area contributed by atoms with Gasteiger partial charge in [-0.3, -0.25) is 4.79 Å². The maximum absolute atomic E-state index is 11.3. The number of amides is 1. The third kappa shape index (κ3) is 4.96. The zero-order chi connectivity index (χ0) is 11.8. The van der Waals surface area contributed by atoms with Gasteiger partial charge in [-0.1, -0.05) is 6.92 Å². The van der Waals surface area contributed by atoms with Gasteiger partial charge in [-0.15, -0.1) is 0 Å². The molecule has 0 aromatic carbocycles. The molecule has 1 heterocycles. The standard InChI is InChI=1S/C12H20N3O/c1-3-8-13-12(16)7-5-4-6-11-9-14-10(2)15-11/h3-8H2,1-2H3,(H,13,16)(H,14,15). The van der Waals surface area contributed by atoms with Crippen LogP contribution in [0.15, 0.2) is 0 Å². The van der Waals surface area contributed by atoms with Gasteiger partial charge in [-0.05, 0) is 32.6 Å². The molecule has 4 nitrogen and oxygen atoms in total. The SMILES string of the molecule is CCCNC(=O)CCCCc1[c]nc(C)[nH]1. The van der Waals surface area contributed by atoms with Crippen molar-refractivity contribution in [3.8, 4) is 0 Å². The molecule has 0 bridgehead atoms. The van der Waals surface area contributed by atoms with Gasteiger partial charge in [0.1, 0.15) is 12.0 Å². The first kappa shape index (κ1) is 12.7. The molecule has 0 spiro atoms. The van der Waals surface area contributed by atoms with Gasteiger partial charge in [0.25, 0.3) is 0 Å². The van der Waals surface area contributed by atoms with Gasteiger partial charge in [-0.25, -0.2) is 4.98 Å². The summed E-state index contributed by atoms with van der Waals surface area (Å²) in [6.07, 6.45) is 7.37. The lowest BCUT2D eigenvalue weighted by molar-refractivity contribution is -0.121. The molecule has 4 heteroatoms. The lowest BCUT2D eigenvalue weighted by Crippen LogP contribution is -2.23. The summed E-state index contributed by atoms with van der Waals surface area (Å²) >= 11 is 0. The summed E-state index contributed by atoms with van der Waals surface area (Å²) in [5.74, 6) is 1.06. The number of nitrogens with one attached hydrogen (secondary N) is 2. The van der Waals surface area contributed by atoms with E-state index >= 15 is 0 Å². The monoisotopic (exact) mass is 222 g/mol. The highest BCUT2D eigenvalue weighted by Crippen LogP contribution is 2.03. The smallest absolute Gasteiger partial charge is 0.219 e. The summed E-state index contributed by atoms with van der Waals surface area (Å²) in [5.41, 5.74) is 1.03. The van der Waals surface area contributed by atoms with E-state index in [1.807, 2.05) is 6.92 Å². The van der Waals surface area contributed by atoms with Crippen LogP contribution in [0, 0.1) is 13.1 Å². The lowest BCUT2D eigenvalue weighted by atomic mass is 10.1. The Morgan fingerprint density at radius 2 is 2.31 bits per heavy atom. The van der Waals surface area contributed by atoms with E-state index in [0.29, 0.717) is 6.42 Å². The Hall–Kier alpha value is -1.32. The topological polar surface area (TPSA) is 57.8 Å². The quantitative estimate of drug-likeness (QED) is 0.691. The molecule has 89 valence electrons. The zero-order valence-electron chi connectivity index (χ0n) is 10.1. The average Bonchev–Trinajstić information content (AvgIpc) is 2.67. The third-order valence-corrected chi connectivity index (χ3v) is 2.34. The van der Waals surface area contributed by atoms with Gasteiger partial charge in [0.2, 0.25) is 5.91 Å². The molecule has 0 saturated heterocycles. The van der Waals surface area contributed by atoms with Crippen LogP contribution in [-0.2, 0) is 11.2 Å². The Morgan fingerprint density at radius 1 is 1.50 bits per heavy atom. The molecule has 1 radical (unpaired) electrons. The van der Waals surface area contributed by atoms with Crippen molar-refractivity contribution >= 4 is 5.91 Å². The van der Waals surface area contributed by atoms with E-state index in [-0.39, 0.29) is 5.91 Å². The van der Waals surface area contributed by atoms with Crippen LogP contribution >= 0.6 is 0 Å². The Bertz CT molecular complexity index is 320. The largest absolute Gasteiger partial charge is 0.356 e. The summed E-state index contributed by atoms with van der Waals surface area (Å²) in [6, 6.07) is 0. The van der Waals surface area contributed by atoms with Crippen molar-refractivity contribution in [2.24, 2.45) is 0 Å². The number of carbonyl (C=O) groups excluding carboxylic acids is 1. The molecule has 0 saturated carbocycles. The highest BCUT2D eigenvalue weighted by Gasteiger charge is 2.01. The minimum Gasteiger partial charge on any atom is -0.356 e. The highest BCUT2D eigenvalue weighted by atomic mass is 16.1. The zero-order valence-corrected chi connectivity index (χ0v) is 10.1. The van der Waals surface area contributed by atoms with Gasteiger partial charge in [0.15, 0.2) is 0 Å². The molecule has 1 aromatic heterocycles. The molecule has 0 aliphatic rings. The molecule has 0 atom stereocenters. The summed E-state index contributed by atoms with van der Waals surface area (Å²) < 4.78 is 0. The average molecular weight is 222 g/mol. The van der Waals surface area contributed by atoms with Crippen LogP contribution in [-0.4, -0.2) is 22.4 Å². The van der Waals surface area contributed by atoms with E-state index < -0.39 is 0 Å². The van der Waals surface area contributed by atoms with E-state index in [9.17, 15) is 4.79 Å². The number of aromatic nitrogens is 2. The minimum absolute atomic E-state index is 0.159. The Kier molecular flexibility index (Phi) is 5.61. The van der Waals surface area contributed by atoms with Gasteiger partial charge < -0.3 is 10.3 Å². The van der Waals surface area contributed by atoms with Crippen molar-refractivity contribution < 1.29 is 4.79 Å². The maximum atomic E-state index is 11.3. The van der Waals surface area contributed by atoms with Gasteiger partial charge in [0.05, 0.1) is 0 Å².